The Kier molecular flexibility index (Phi) is 6.17. The third-order valence-corrected chi connectivity index (χ3v) is 4.46. The van der Waals surface area contributed by atoms with Crippen molar-refractivity contribution in [3.63, 3.8) is 0 Å². The number of fused-ring (bicyclic) bond motifs is 1. The first-order chi connectivity index (χ1) is 12.6. The van der Waals surface area contributed by atoms with Gasteiger partial charge in [0.05, 0.1) is 0 Å². The molecule has 2 atom stereocenters. The van der Waals surface area contributed by atoms with Crippen LogP contribution in [0.4, 0.5) is 13.6 Å². The topological polar surface area (TPSA) is 41.6 Å². The van der Waals surface area contributed by atoms with Crippen LogP contribution in [0.2, 0.25) is 0 Å². The van der Waals surface area contributed by atoms with Gasteiger partial charge in [-0.2, -0.15) is 0 Å². The third-order valence-electron chi connectivity index (χ3n) is 4.46. The molecule has 1 fully saturated rings. The normalized spacial score (nSPS) is 21.4. The van der Waals surface area contributed by atoms with E-state index in [1.165, 1.54) is 17.7 Å². The maximum atomic E-state index is 13.4. The highest BCUT2D eigenvalue weighted by Crippen LogP contribution is 2.20. The zero-order chi connectivity index (χ0) is 18.4. The largest absolute Gasteiger partial charge is 0.442 e. The number of hydrogen-bond acceptors (Lipinski definition) is 3. The summed E-state index contributed by atoms with van der Waals surface area (Å²) < 4.78 is 30.5. The van der Waals surface area contributed by atoms with Gasteiger partial charge in [-0.05, 0) is 29.7 Å². The molecular weight excluding hydrogens is 338 g/mol. The average Bonchev–Trinajstić information content (AvgIpc) is 3.07. The molecule has 6 heteroatoms. The van der Waals surface area contributed by atoms with E-state index in [0.717, 1.165) is 12.0 Å². The minimum atomic E-state index is -1.10. The summed E-state index contributed by atoms with van der Waals surface area (Å²) in [5.74, 6) is -0.178. The van der Waals surface area contributed by atoms with Crippen LogP contribution in [0.3, 0.4) is 0 Å². The van der Waals surface area contributed by atoms with Crippen molar-refractivity contribution in [2.24, 2.45) is 0 Å². The molecule has 0 aliphatic carbocycles. The second-order valence-electron chi connectivity index (χ2n) is 6.33. The van der Waals surface area contributed by atoms with Crippen molar-refractivity contribution in [2.45, 2.75) is 25.2 Å². The van der Waals surface area contributed by atoms with Gasteiger partial charge in [0.2, 0.25) is 0 Å². The third kappa shape index (κ3) is 4.79. The van der Waals surface area contributed by atoms with Gasteiger partial charge in [0, 0.05) is 26.2 Å². The summed E-state index contributed by atoms with van der Waals surface area (Å²) in [5, 5.41) is 2.88. The molecule has 26 heavy (non-hydrogen) atoms. The number of benzene rings is 2. The first-order valence-corrected chi connectivity index (χ1v) is 8.71. The molecule has 0 saturated carbocycles. The summed E-state index contributed by atoms with van der Waals surface area (Å²) in [5.41, 5.74) is 2.42. The van der Waals surface area contributed by atoms with E-state index in [2.05, 4.69) is 11.4 Å². The fourth-order valence-electron chi connectivity index (χ4n) is 3.01. The molecule has 138 valence electrons. The predicted octanol–water partition coefficient (Wildman–Crippen LogP) is 3.32. The molecule has 2 aliphatic rings. The van der Waals surface area contributed by atoms with E-state index in [4.69, 9.17) is 4.74 Å². The lowest BCUT2D eigenvalue weighted by Crippen LogP contribution is -2.40. The molecule has 1 saturated heterocycles. The summed E-state index contributed by atoms with van der Waals surface area (Å²) in [6.07, 6.45) is -1.33. The van der Waals surface area contributed by atoms with E-state index in [0.29, 0.717) is 19.6 Å². The zero-order valence-electron chi connectivity index (χ0n) is 14.4. The van der Waals surface area contributed by atoms with E-state index < -0.39 is 18.4 Å². The molecule has 2 heterocycles. The van der Waals surface area contributed by atoms with Crippen molar-refractivity contribution >= 4 is 6.09 Å². The van der Waals surface area contributed by atoms with E-state index >= 15 is 0 Å². The van der Waals surface area contributed by atoms with Gasteiger partial charge in [0.1, 0.15) is 11.9 Å². The molecule has 2 aromatic carbocycles. The number of carbonyl (C=O) groups is 1. The molecule has 0 bridgehead atoms. The Bertz CT molecular complexity index is 727. The van der Waals surface area contributed by atoms with Crippen LogP contribution in [0, 0.1) is 5.82 Å². The van der Waals surface area contributed by atoms with Gasteiger partial charge in [-0.3, -0.25) is 0 Å². The molecule has 2 aliphatic heterocycles. The lowest BCUT2D eigenvalue weighted by atomic mass is 10.0. The standard InChI is InChI=1S/C14H17FN2O2.C6H5F/c15-12-7-16-8-13(12)19-14(18)17-6-5-10-3-1-2-4-11(10)9-17;7-6-4-2-1-3-5-6/h1-4,12-13,16H,5-9H2;1-5H. The smallest absolute Gasteiger partial charge is 0.410 e. The van der Waals surface area contributed by atoms with Gasteiger partial charge in [0.15, 0.2) is 6.17 Å². The minimum absolute atomic E-state index is 0.178. The Labute approximate surface area is 151 Å². The highest BCUT2D eigenvalue weighted by atomic mass is 19.1. The number of nitrogens with one attached hydrogen (secondary N) is 1. The first-order valence-electron chi connectivity index (χ1n) is 8.71. The highest BCUT2D eigenvalue weighted by molar-refractivity contribution is 5.68. The zero-order valence-corrected chi connectivity index (χ0v) is 14.4. The van der Waals surface area contributed by atoms with Crippen LogP contribution >= 0.6 is 0 Å². The Morgan fingerprint density at radius 2 is 1.73 bits per heavy atom. The number of rotatable bonds is 1. The van der Waals surface area contributed by atoms with Crippen LogP contribution < -0.4 is 5.32 Å². The fourth-order valence-corrected chi connectivity index (χ4v) is 3.01. The van der Waals surface area contributed by atoms with Crippen LogP contribution in [0.5, 0.6) is 0 Å². The molecule has 4 rings (SSSR count). The first kappa shape index (κ1) is 18.3. The number of nitrogens with zero attached hydrogens (tertiary/aromatic N) is 1. The lowest BCUT2D eigenvalue weighted by molar-refractivity contribution is 0.0398. The summed E-state index contributed by atoms with van der Waals surface area (Å²) in [6, 6.07) is 16.0. The monoisotopic (exact) mass is 360 g/mol. The summed E-state index contributed by atoms with van der Waals surface area (Å²) in [6.45, 7) is 1.84. The van der Waals surface area contributed by atoms with Gasteiger partial charge < -0.3 is 15.0 Å². The SMILES string of the molecule is Fc1ccccc1.O=C(OC1CNCC1F)N1CCc2ccccc2C1. The molecular formula is C20H22F2N2O2. The van der Waals surface area contributed by atoms with Crippen LogP contribution in [0.15, 0.2) is 54.6 Å². The number of amides is 1. The number of halogens is 2. The average molecular weight is 360 g/mol. The summed E-state index contributed by atoms with van der Waals surface area (Å²) in [4.78, 5) is 13.7. The second-order valence-corrected chi connectivity index (χ2v) is 6.33. The molecule has 4 nitrogen and oxygen atoms in total. The molecule has 1 amide bonds. The number of hydrogen-bond donors (Lipinski definition) is 1. The predicted molar refractivity (Wildman–Crippen MR) is 95.0 cm³/mol. The van der Waals surface area contributed by atoms with Gasteiger partial charge in [-0.25, -0.2) is 13.6 Å². The molecule has 0 radical (unpaired) electrons. The molecule has 0 aromatic heterocycles. The van der Waals surface area contributed by atoms with Crippen molar-refractivity contribution in [3.8, 4) is 0 Å². The Morgan fingerprint density at radius 3 is 2.35 bits per heavy atom. The van der Waals surface area contributed by atoms with Gasteiger partial charge >= 0.3 is 6.09 Å². The highest BCUT2D eigenvalue weighted by Gasteiger charge is 2.32. The maximum absolute atomic E-state index is 13.4. The van der Waals surface area contributed by atoms with Gasteiger partial charge in [-0.15, -0.1) is 0 Å². The number of carbonyl (C=O) groups excluding carboxylic acids is 1. The number of alkyl halides is 1. The van der Waals surface area contributed by atoms with Crippen molar-refractivity contribution in [1.82, 2.24) is 10.2 Å². The van der Waals surface area contributed by atoms with Gasteiger partial charge in [0.25, 0.3) is 0 Å². The molecule has 2 aromatic rings. The van der Waals surface area contributed by atoms with E-state index in [1.807, 2.05) is 18.2 Å². The maximum Gasteiger partial charge on any atom is 0.410 e. The van der Waals surface area contributed by atoms with Crippen LogP contribution in [0.25, 0.3) is 0 Å². The quantitative estimate of drug-likeness (QED) is 0.848. The van der Waals surface area contributed by atoms with Crippen molar-refractivity contribution in [2.75, 3.05) is 19.6 Å². The summed E-state index contributed by atoms with van der Waals surface area (Å²) >= 11 is 0. The fraction of sp³-hybridized carbons (Fsp3) is 0.350. The van der Waals surface area contributed by atoms with Crippen molar-refractivity contribution in [3.05, 3.63) is 71.5 Å². The van der Waals surface area contributed by atoms with Crippen LogP contribution in [-0.2, 0) is 17.7 Å². The van der Waals surface area contributed by atoms with E-state index in [1.54, 1.807) is 23.1 Å². The Hall–Kier alpha value is -2.47. The van der Waals surface area contributed by atoms with Gasteiger partial charge in [-0.1, -0.05) is 42.5 Å². The minimum Gasteiger partial charge on any atom is -0.442 e. The molecule has 0 spiro atoms. The number of ether oxygens (including phenoxy) is 1. The Balaban J connectivity index is 0.000000236. The lowest BCUT2D eigenvalue weighted by Gasteiger charge is -2.29. The van der Waals surface area contributed by atoms with Crippen LogP contribution in [-0.4, -0.2) is 42.9 Å². The molecule has 1 N–H and O–H groups in total. The van der Waals surface area contributed by atoms with E-state index in [9.17, 15) is 13.6 Å². The summed E-state index contributed by atoms with van der Waals surface area (Å²) in [7, 11) is 0. The second kappa shape index (κ2) is 8.76. The Morgan fingerprint density at radius 1 is 1.04 bits per heavy atom. The van der Waals surface area contributed by atoms with Crippen molar-refractivity contribution in [1.29, 1.82) is 0 Å². The molecule has 2 unspecified atom stereocenters. The van der Waals surface area contributed by atoms with Crippen molar-refractivity contribution < 1.29 is 18.3 Å². The van der Waals surface area contributed by atoms with E-state index in [-0.39, 0.29) is 12.4 Å². The van der Waals surface area contributed by atoms with Crippen LogP contribution in [0.1, 0.15) is 11.1 Å².